The van der Waals surface area contributed by atoms with E-state index in [0.717, 1.165) is 0 Å². The summed E-state index contributed by atoms with van der Waals surface area (Å²) in [6, 6.07) is 2.98. The Hall–Kier alpha value is -0.340. The molecule has 0 radical (unpaired) electrons. The predicted molar refractivity (Wildman–Crippen MR) is 65.3 cm³/mol. The van der Waals surface area contributed by atoms with E-state index in [1.165, 1.54) is 38.6 Å². The molecule has 1 aliphatic carbocycles. The van der Waals surface area contributed by atoms with Crippen LogP contribution in [-0.4, -0.2) is 6.54 Å². The van der Waals surface area contributed by atoms with Crippen LogP contribution in [0.3, 0.4) is 0 Å². The Bertz CT molecular complexity index is 349. The van der Waals surface area contributed by atoms with Crippen molar-refractivity contribution in [2.75, 3.05) is 6.54 Å². The maximum Gasteiger partial charge on any atom is 0.0385 e. The van der Waals surface area contributed by atoms with Gasteiger partial charge in [-0.2, -0.15) is 0 Å². The molecule has 1 aliphatic heterocycles. The van der Waals surface area contributed by atoms with Crippen molar-refractivity contribution in [2.24, 2.45) is 5.41 Å². The highest BCUT2D eigenvalue weighted by molar-refractivity contribution is 7.10. The van der Waals surface area contributed by atoms with Crippen molar-refractivity contribution in [2.45, 2.75) is 45.1 Å². The summed E-state index contributed by atoms with van der Waals surface area (Å²) in [4.78, 5) is 1.63. The van der Waals surface area contributed by atoms with Gasteiger partial charge in [0.2, 0.25) is 0 Å². The topological polar surface area (TPSA) is 12.0 Å². The molecule has 2 heterocycles. The molecule has 0 bridgehead atoms. The van der Waals surface area contributed by atoms with Gasteiger partial charge in [-0.3, -0.25) is 0 Å². The highest BCUT2D eigenvalue weighted by atomic mass is 32.1. The molecular formula is C13H19NS. The molecular weight excluding hydrogens is 202 g/mol. The van der Waals surface area contributed by atoms with Crippen LogP contribution < -0.4 is 5.32 Å². The van der Waals surface area contributed by atoms with Gasteiger partial charge in [-0.1, -0.05) is 19.8 Å². The minimum Gasteiger partial charge on any atom is -0.309 e. The number of hydrogen-bond donors (Lipinski definition) is 1. The van der Waals surface area contributed by atoms with Crippen LogP contribution >= 0.6 is 11.3 Å². The first-order valence-corrected chi connectivity index (χ1v) is 6.97. The molecule has 15 heavy (non-hydrogen) atoms. The van der Waals surface area contributed by atoms with E-state index in [4.69, 9.17) is 0 Å². The van der Waals surface area contributed by atoms with Gasteiger partial charge in [0.25, 0.3) is 0 Å². The molecule has 2 aliphatic rings. The molecule has 1 saturated carbocycles. The number of nitrogens with one attached hydrogen (secondary N) is 1. The van der Waals surface area contributed by atoms with Crippen LogP contribution in [0.5, 0.6) is 0 Å². The van der Waals surface area contributed by atoms with Crippen LogP contribution in [0.25, 0.3) is 0 Å². The minimum absolute atomic E-state index is 0.524. The van der Waals surface area contributed by atoms with Crippen LogP contribution in [0.4, 0.5) is 0 Å². The zero-order valence-corrected chi connectivity index (χ0v) is 10.2. The van der Waals surface area contributed by atoms with Crippen molar-refractivity contribution >= 4 is 11.3 Å². The fraction of sp³-hybridized carbons (Fsp3) is 0.692. The lowest BCUT2D eigenvalue weighted by Crippen LogP contribution is -2.38. The molecule has 1 unspecified atom stereocenters. The van der Waals surface area contributed by atoms with Crippen molar-refractivity contribution in [3.05, 3.63) is 21.9 Å². The molecule has 0 amide bonds. The highest BCUT2D eigenvalue weighted by Crippen LogP contribution is 2.49. The van der Waals surface area contributed by atoms with Gasteiger partial charge in [0.05, 0.1) is 0 Å². The van der Waals surface area contributed by atoms with Gasteiger partial charge >= 0.3 is 0 Å². The van der Waals surface area contributed by atoms with E-state index < -0.39 is 0 Å². The average molecular weight is 221 g/mol. The Kier molecular flexibility index (Phi) is 2.37. The normalized spacial score (nSPS) is 29.0. The minimum atomic E-state index is 0.524. The summed E-state index contributed by atoms with van der Waals surface area (Å²) in [6.45, 7) is 3.65. The Morgan fingerprint density at radius 2 is 2.20 bits per heavy atom. The van der Waals surface area contributed by atoms with E-state index in [9.17, 15) is 0 Å². The molecule has 0 spiro atoms. The largest absolute Gasteiger partial charge is 0.309 e. The second-order valence-electron chi connectivity index (χ2n) is 5.30. The second kappa shape index (κ2) is 3.60. The van der Waals surface area contributed by atoms with E-state index in [0.29, 0.717) is 11.5 Å². The van der Waals surface area contributed by atoms with Gasteiger partial charge in [-0.05, 0) is 41.7 Å². The summed E-state index contributed by atoms with van der Waals surface area (Å²) >= 11 is 1.95. The van der Waals surface area contributed by atoms with E-state index in [-0.39, 0.29) is 0 Å². The monoisotopic (exact) mass is 221 g/mol. The number of hydrogen-bond acceptors (Lipinski definition) is 2. The highest BCUT2D eigenvalue weighted by Gasteiger charge is 2.39. The first-order valence-electron chi connectivity index (χ1n) is 6.09. The molecule has 0 aromatic carbocycles. The third-order valence-electron chi connectivity index (χ3n) is 4.23. The van der Waals surface area contributed by atoms with Crippen LogP contribution in [0.15, 0.2) is 11.4 Å². The standard InChI is InChI=1S/C13H19NS/c1-13(6-2-3-7-13)12-10-5-9-15-11(10)4-8-14-12/h5,9,12,14H,2-4,6-8H2,1H3. The zero-order chi connectivity index (χ0) is 10.3. The molecule has 2 heteroatoms. The average Bonchev–Trinajstić information content (AvgIpc) is 2.85. The quantitative estimate of drug-likeness (QED) is 0.765. The number of rotatable bonds is 1. The Labute approximate surface area is 95.9 Å². The van der Waals surface area contributed by atoms with E-state index in [2.05, 4.69) is 23.7 Å². The smallest absolute Gasteiger partial charge is 0.0385 e. The van der Waals surface area contributed by atoms with Crippen molar-refractivity contribution < 1.29 is 0 Å². The summed E-state index contributed by atoms with van der Waals surface area (Å²) in [6.07, 6.45) is 6.89. The summed E-state index contributed by atoms with van der Waals surface area (Å²) in [5.74, 6) is 0. The van der Waals surface area contributed by atoms with Gasteiger partial charge < -0.3 is 5.32 Å². The Balaban J connectivity index is 1.95. The lowest BCUT2D eigenvalue weighted by Gasteiger charge is -2.37. The van der Waals surface area contributed by atoms with Crippen LogP contribution in [-0.2, 0) is 6.42 Å². The van der Waals surface area contributed by atoms with Gasteiger partial charge in [0.15, 0.2) is 0 Å². The summed E-state index contributed by atoms with van der Waals surface area (Å²) < 4.78 is 0. The first-order chi connectivity index (χ1) is 7.30. The molecule has 82 valence electrons. The molecule has 1 aromatic heterocycles. The van der Waals surface area contributed by atoms with Crippen molar-refractivity contribution in [3.63, 3.8) is 0 Å². The van der Waals surface area contributed by atoms with Crippen molar-refractivity contribution in [1.29, 1.82) is 0 Å². The molecule has 1 atom stereocenters. The van der Waals surface area contributed by atoms with Crippen molar-refractivity contribution in [1.82, 2.24) is 5.32 Å². The number of thiophene rings is 1. The molecule has 1 aromatic rings. The number of fused-ring (bicyclic) bond motifs is 1. The summed E-state index contributed by atoms with van der Waals surface area (Å²) in [5, 5.41) is 6.02. The van der Waals surface area contributed by atoms with Gasteiger partial charge in [0.1, 0.15) is 0 Å². The van der Waals surface area contributed by atoms with Crippen LogP contribution in [0.2, 0.25) is 0 Å². The zero-order valence-electron chi connectivity index (χ0n) is 9.38. The maximum atomic E-state index is 3.75. The fourth-order valence-electron chi connectivity index (χ4n) is 3.34. The first kappa shape index (κ1) is 9.86. The maximum absolute atomic E-state index is 3.75. The van der Waals surface area contributed by atoms with Gasteiger partial charge in [-0.15, -0.1) is 11.3 Å². The Morgan fingerprint density at radius 3 is 3.00 bits per heavy atom. The Morgan fingerprint density at radius 1 is 1.40 bits per heavy atom. The van der Waals surface area contributed by atoms with Crippen LogP contribution in [0, 0.1) is 5.41 Å². The van der Waals surface area contributed by atoms with Gasteiger partial charge in [-0.25, -0.2) is 0 Å². The van der Waals surface area contributed by atoms with E-state index in [1.54, 1.807) is 10.4 Å². The molecule has 3 rings (SSSR count). The lowest BCUT2D eigenvalue weighted by atomic mass is 9.76. The fourth-order valence-corrected chi connectivity index (χ4v) is 4.26. The third kappa shape index (κ3) is 1.55. The predicted octanol–water partition coefficient (Wildman–Crippen LogP) is 3.52. The molecule has 0 saturated heterocycles. The second-order valence-corrected chi connectivity index (χ2v) is 6.30. The van der Waals surface area contributed by atoms with Gasteiger partial charge in [0, 0.05) is 17.5 Å². The van der Waals surface area contributed by atoms with E-state index >= 15 is 0 Å². The summed E-state index contributed by atoms with van der Waals surface area (Å²) in [5.41, 5.74) is 2.13. The summed E-state index contributed by atoms with van der Waals surface area (Å²) in [7, 11) is 0. The van der Waals surface area contributed by atoms with Crippen molar-refractivity contribution in [3.8, 4) is 0 Å². The molecule has 1 nitrogen and oxygen atoms in total. The molecule has 1 N–H and O–H groups in total. The van der Waals surface area contributed by atoms with Crippen LogP contribution in [0.1, 0.15) is 49.1 Å². The van der Waals surface area contributed by atoms with E-state index in [1.807, 2.05) is 11.3 Å². The molecule has 1 fully saturated rings. The lowest BCUT2D eigenvalue weighted by molar-refractivity contribution is 0.217. The third-order valence-corrected chi connectivity index (χ3v) is 5.23. The SMILES string of the molecule is CC1(C2NCCc3sccc32)CCCC1.